The fourth-order valence-electron chi connectivity index (χ4n) is 2.21. The molecule has 2 rings (SSSR count). The monoisotopic (exact) mass is 492 g/mol. The van der Waals surface area contributed by atoms with E-state index in [1.54, 1.807) is 36.4 Å². The number of amides is 3. The van der Waals surface area contributed by atoms with Crippen LogP contribution in [0.4, 0.5) is 5.69 Å². The van der Waals surface area contributed by atoms with E-state index >= 15 is 0 Å². The Balaban J connectivity index is 1.62. The molecule has 0 atom stereocenters. The van der Waals surface area contributed by atoms with Crippen molar-refractivity contribution in [3.8, 4) is 5.75 Å². The van der Waals surface area contributed by atoms with Gasteiger partial charge in [-0.3, -0.25) is 30.6 Å². The lowest BCUT2D eigenvalue weighted by molar-refractivity contribution is -0.125. The third kappa shape index (κ3) is 8.58. The summed E-state index contributed by atoms with van der Waals surface area (Å²) in [6.07, 6.45) is -0.0454. The fraction of sp³-hybridized carbons (Fsp3) is 0.200. The van der Waals surface area contributed by atoms with Crippen LogP contribution in [0.1, 0.15) is 18.4 Å². The molecule has 158 valence electrons. The zero-order chi connectivity index (χ0) is 21.9. The van der Waals surface area contributed by atoms with Crippen LogP contribution in [-0.2, 0) is 14.4 Å². The van der Waals surface area contributed by atoms with Gasteiger partial charge in [-0.2, -0.15) is 0 Å². The quantitative estimate of drug-likeness (QED) is 0.349. The van der Waals surface area contributed by atoms with Crippen molar-refractivity contribution in [2.75, 3.05) is 11.9 Å². The number of carbonyl (C=O) groups excluding carboxylic acids is 3. The number of carbonyl (C=O) groups is 3. The summed E-state index contributed by atoms with van der Waals surface area (Å²) in [5.74, 6) is -0.666. The number of anilines is 1. The van der Waals surface area contributed by atoms with E-state index in [1.807, 2.05) is 19.1 Å². The van der Waals surface area contributed by atoms with Crippen molar-refractivity contribution in [3.05, 3.63) is 58.6 Å². The summed E-state index contributed by atoms with van der Waals surface area (Å²) in [7, 11) is 0. The number of para-hydroxylation sites is 1. The highest BCUT2D eigenvalue weighted by molar-refractivity contribution is 9.10. The maximum atomic E-state index is 11.9. The molecule has 0 aliphatic carbocycles. The van der Waals surface area contributed by atoms with Crippen LogP contribution < -0.4 is 26.2 Å². The Morgan fingerprint density at radius 1 is 0.967 bits per heavy atom. The first kappa shape index (κ1) is 23.3. The van der Waals surface area contributed by atoms with Crippen LogP contribution in [0, 0.1) is 6.92 Å². The molecule has 0 saturated carbocycles. The number of hydrogen-bond donors (Lipinski definition) is 4. The standard InChI is InChI=1S/C20H21BrN4O4S/c1-13-11-15(7-8-16(13)21)29-12-19(28)23-20(30)25-24-18(27)10-9-17(26)22-14-5-3-2-4-6-14/h2-8,11H,9-10,12H2,1H3,(H,22,26)(H,24,27)(H2,23,25,28,30). The van der Waals surface area contributed by atoms with Crippen molar-refractivity contribution in [3.63, 3.8) is 0 Å². The van der Waals surface area contributed by atoms with Crippen molar-refractivity contribution in [2.24, 2.45) is 0 Å². The van der Waals surface area contributed by atoms with Gasteiger partial charge in [0.05, 0.1) is 0 Å². The Labute approximate surface area is 187 Å². The minimum absolute atomic E-state index is 0.00196. The summed E-state index contributed by atoms with van der Waals surface area (Å²) < 4.78 is 6.33. The Hall–Kier alpha value is -2.98. The lowest BCUT2D eigenvalue weighted by Crippen LogP contribution is -2.49. The molecule has 8 nitrogen and oxygen atoms in total. The summed E-state index contributed by atoms with van der Waals surface area (Å²) in [6.45, 7) is 1.67. The number of aryl methyl sites for hydroxylation is 1. The van der Waals surface area contributed by atoms with Crippen LogP contribution in [0.2, 0.25) is 0 Å². The number of hydrogen-bond acceptors (Lipinski definition) is 5. The third-order valence-corrected chi connectivity index (χ3v) is 4.80. The number of rotatable bonds is 7. The number of ether oxygens (including phenoxy) is 1. The Morgan fingerprint density at radius 3 is 2.37 bits per heavy atom. The first-order chi connectivity index (χ1) is 14.3. The summed E-state index contributed by atoms with van der Waals surface area (Å²) >= 11 is 8.33. The van der Waals surface area contributed by atoms with Crippen molar-refractivity contribution < 1.29 is 19.1 Å². The van der Waals surface area contributed by atoms with Crippen LogP contribution >= 0.6 is 28.1 Å². The minimum Gasteiger partial charge on any atom is -0.484 e. The highest BCUT2D eigenvalue weighted by Gasteiger charge is 2.09. The lowest BCUT2D eigenvalue weighted by Gasteiger charge is -2.12. The molecular formula is C20H21BrN4O4S. The number of thiocarbonyl (C=S) groups is 1. The smallest absolute Gasteiger partial charge is 0.264 e. The van der Waals surface area contributed by atoms with Gasteiger partial charge in [0.1, 0.15) is 5.75 Å². The predicted molar refractivity (Wildman–Crippen MR) is 121 cm³/mol. The topological polar surface area (TPSA) is 109 Å². The molecule has 3 amide bonds. The Morgan fingerprint density at radius 2 is 1.67 bits per heavy atom. The van der Waals surface area contributed by atoms with E-state index in [-0.39, 0.29) is 30.5 Å². The molecule has 0 radical (unpaired) electrons. The molecule has 0 unspecified atom stereocenters. The molecule has 2 aromatic carbocycles. The van der Waals surface area contributed by atoms with Gasteiger partial charge in [0.2, 0.25) is 11.8 Å². The van der Waals surface area contributed by atoms with Crippen LogP contribution in [0.15, 0.2) is 53.0 Å². The SMILES string of the molecule is Cc1cc(OCC(=O)NC(=S)NNC(=O)CCC(=O)Nc2ccccc2)ccc1Br. The molecule has 0 fully saturated rings. The van der Waals surface area contributed by atoms with Crippen molar-refractivity contribution in [1.82, 2.24) is 16.2 Å². The van der Waals surface area contributed by atoms with Crippen LogP contribution in [0.3, 0.4) is 0 Å². The summed E-state index contributed by atoms with van der Waals surface area (Å²) in [5, 5.41) is 4.98. The van der Waals surface area contributed by atoms with Gasteiger partial charge in [-0.05, 0) is 55.0 Å². The molecule has 2 aromatic rings. The van der Waals surface area contributed by atoms with Gasteiger partial charge in [-0.1, -0.05) is 34.1 Å². The molecule has 30 heavy (non-hydrogen) atoms. The van der Waals surface area contributed by atoms with Crippen molar-refractivity contribution >= 4 is 56.7 Å². The number of halogens is 1. The molecule has 0 spiro atoms. The first-order valence-corrected chi connectivity index (χ1v) is 10.2. The molecule has 0 heterocycles. The second-order valence-corrected chi connectivity index (χ2v) is 7.43. The summed E-state index contributed by atoms with van der Waals surface area (Å²) in [5.41, 5.74) is 6.37. The van der Waals surface area contributed by atoms with E-state index in [1.165, 1.54) is 0 Å². The maximum Gasteiger partial charge on any atom is 0.264 e. The second kappa shape index (κ2) is 11.9. The maximum absolute atomic E-state index is 11.9. The van der Waals surface area contributed by atoms with Gasteiger partial charge in [0.15, 0.2) is 11.7 Å². The number of nitrogens with one attached hydrogen (secondary N) is 4. The Kier molecular flexibility index (Phi) is 9.23. The number of benzene rings is 2. The van der Waals surface area contributed by atoms with E-state index in [2.05, 4.69) is 37.4 Å². The third-order valence-electron chi connectivity index (χ3n) is 3.70. The lowest BCUT2D eigenvalue weighted by atomic mass is 10.2. The molecule has 10 heteroatoms. The summed E-state index contributed by atoms with van der Waals surface area (Å²) in [4.78, 5) is 35.5. The van der Waals surface area contributed by atoms with Crippen LogP contribution in [0.25, 0.3) is 0 Å². The fourth-order valence-corrected chi connectivity index (χ4v) is 2.62. The van der Waals surface area contributed by atoms with Gasteiger partial charge < -0.3 is 10.1 Å². The van der Waals surface area contributed by atoms with E-state index in [0.717, 1.165) is 10.0 Å². The highest BCUT2D eigenvalue weighted by Crippen LogP contribution is 2.21. The van der Waals surface area contributed by atoms with Gasteiger partial charge in [0, 0.05) is 23.0 Å². The summed E-state index contributed by atoms with van der Waals surface area (Å²) in [6, 6.07) is 14.3. The molecule has 0 bridgehead atoms. The normalized spacial score (nSPS) is 9.93. The van der Waals surface area contributed by atoms with E-state index in [9.17, 15) is 14.4 Å². The molecule has 0 aromatic heterocycles. The zero-order valence-corrected chi connectivity index (χ0v) is 18.6. The molecule has 0 saturated heterocycles. The average Bonchev–Trinajstić information content (AvgIpc) is 2.72. The van der Waals surface area contributed by atoms with E-state index in [0.29, 0.717) is 11.4 Å². The highest BCUT2D eigenvalue weighted by atomic mass is 79.9. The second-order valence-electron chi connectivity index (χ2n) is 6.16. The van der Waals surface area contributed by atoms with Gasteiger partial charge in [-0.15, -0.1) is 0 Å². The largest absolute Gasteiger partial charge is 0.484 e. The minimum atomic E-state index is -0.482. The predicted octanol–water partition coefficient (Wildman–Crippen LogP) is 2.58. The average molecular weight is 493 g/mol. The van der Waals surface area contributed by atoms with Crippen LogP contribution in [-0.4, -0.2) is 29.4 Å². The zero-order valence-electron chi connectivity index (χ0n) is 16.2. The molecular weight excluding hydrogens is 472 g/mol. The Bertz CT molecular complexity index is 924. The molecule has 0 aliphatic rings. The van der Waals surface area contributed by atoms with E-state index in [4.69, 9.17) is 17.0 Å². The molecule has 4 N–H and O–H groups in total. The van der Waals surface area contributed by atoms with E-state index < -0.39 is 11.8 Å². The number of hydrazine groups is 1. The van der Waals surface area contributed by atoms with Crippen molar-refractivity contribution in [2.45, 2.75) is 19.8 Å². The van der Waals surface area contributed by atoms with Gasteiger partial charge in [-0.25, -0.2) is 0 Å². The molecule has 0 aliphatic heterocycles. The van der Waals surface area contributed by atoms with Gasteiger partial charge in [0.25, 0.3) is 5.91 Å². The first-order valence-electron chi connectivity index (χ1n) is 8.96. The van der Waals surface area contributed by atoms with Crippen LogP contribution in [0.5, 0.6) is 5.75 Å². The van der Waals surface area contributed by atoms with Gasteiger partial charge >= 0.3 is 0 Å². The van der Waals surface area contributed by atoms with Crippen molar-refractivity contribution in [1.29, 1.82) is 0 Å².